The molecule has 1 amide bonds. The van der Waals surface area contributed by atoms with E-state index < -0.39 is 0 Å². The highest BCUT2D eigenvalue weighted by Crippen LogP contribution is 2.43. The summed E-state index contributed by atoms with van der Waals surface area (Å²) in [6.07, 6.45) is 2.31. The second-order valence-corrected chi connectivity index (χ2v) is 10.1. The van der Waals surface area contributed by atoms with Crippen LogP contribution in [0.5, 0.6) is 11.5 Å². The van der Waals surface area contributed by atoms with Gasteiger partial charge in [-0.1, -0.05) is 57.5 Å². The van der Waals surface area contributed by atoms with Crippen LogP contribution < -0.4 is 9.47 Å². The summed E-state index contributed by atoms with van der Waals surface area (Å²) in [6.45, 7) is 9.48. The third-order valence-electron chi connectivity index (χ3n) is 5.88. The van der Waals surface area contributed by atoms with Crippen LogP contribution >= 0.6 is 11.6 Å². The summed E-state index contributed by atoms with van der Waals surface area (Å²) in [5.41, 5.74) is 3.35. The fourth-order valence-electron chi connectivity index (χ4n) is 4.78. The molecule has 0 saturated heterocycles. The van der Waals surface area contributed by atoms with Crippen molar-refractivity contribution in [3.63, 3.8) is 0 Å². The van der Waals surface area contributed by atoms with Crippen LogP contribution in [0.15, 0.2) is 36.4 Å². The lowest BCUT2D eigenvalue weighted by atomic mass is 9.83. The number of methoxy groups -OCH3 is 2. The molecule has 0 N–H and O–H groups in total. The number of hydrogen-bond acceptors (Lipinski definition) is 3. The van der Waals surface area contributed by atoms with Gasteiger partial charge in [-0.05, 0) is 59.1 Å². The highest BCUT2D eigenvalue weighted by molar-refractivity contribution is 6.31. The van der Waals surface area contributed by atoms with Crippen molar-refractivity contribution < 1.29 is 14.3 Å². The summed E-state index contributed by atoms with van der Waals surface area (Å²) in [7, 11) is 3.28. The molecule has 3 rings (SSSR count). The molecule has 0 bridgehead atoms. The van der Waals surface area contributed by atoms with E-state index in [9.17, 15) is 4.79 Å². The summed E-state index contributed by atoms with van der Waals surface area (Å²) in [5.74, 6) is 1.85. The average Bonchev–Trinajstić information content (AvgIpc) is 2.70. The van der Waals surface area contributed by atoms with E-state index in [1.807, 2.05) is 41.3 Å². The molecule has 0 aromatic heterocycles. The van der Waals surface area contributed by atoms with E-state index in [0.717, 1.165) is 29.5 Å². The van der Waals surface area contributed by atoms with Crippen molar-refractivity contribution in [2.24, 2.45) is 11.3 Å². The molecule has 4 nitrogen and oxygen atoms in total. The van der Waals surface area contributed by atoms with Crippen LogP contribution in [0.3, 0.4) is 0 Å². The van der Waals surface area contributed by atoms with Crippen molar-refractivity contribution in [2.45, 2.75) is 53.0 Å². The fraction of sp³-hybridized carbons (Fsp3) is 0.500. The Hall–Kier alpha value is -2.20. The van der Waals surface area contributed by atoms with Crippen LogP contribution in [0, 0.1) is 11.3 Å². The van der Waals surface area contributed by atoms with Gasteiger partial charge in [-0.2, -0.15) is 0 Å². The smallest absolute Gasteiger partial charge is 0.223 e. The normalized spacial score (nSPS) is 17.1. The molecule has 2 aromatic rings. The highest BCUT2D eigenvalue weighted by atomic mass is 35.5. The molecule has 2 atom stereocenters. The maximum atomic E-state index is 13.5. The zero-order chi connectivity index (χ0) is 22.8. The van der Waals surface area contributed by atoms with Crippen LogP contribution in [0.25, 0.3) is 0 Å². The zero-order valence-corrected chi connectivity index (χ0v) is 20.3. The summed E-state index contributed by atoms with van der Waals surface area (Å²) >= 11 is 6.63. The molecular weight excluding hydrogens is 410 g/mol. The van der Waals surface area contributed by atoms with E-state index in [0.29, 0.717) is 35.4 Å². The summed E-state index contributed by atoms with van der Waals surface area (Å²) in [4.78, 5) is 15.5. The lowest BCUT2D eigenvalue weighted by molar-refractivity contribution is -0.134. The van der Waals surface area contributed by atoms with Gasteiger partial charge in [0.15, 0.2) is 11.5 Å². The third kappa shape index (κ3) is 5.35. The van der Waals surface area contributed by atoms with E-state index in [1.165, 1.54) is 0 Å². The van der Waals surface area contributed by atoms with Gasteiger partial charge in [0, 0.05) is 18.0 Å². The molecule has 5 heteroatoms. The first-order chi connectivity index (χ1) is 14.6. The van der Waals surface area contributed by atoms with Gasteiger partial charge in [0.05, 0.1) is 20.3 Å². The van der Waals surface area contributed by atoms with Gasteiger partial charge in [0.2, 0.25) is 5.91 Å². The molecule has 1 aliphatic rings. The number of rotatable bonds is 6. The summed E-state index contributed by atoms with van der Waals surface area (Å²) in [6, 6.07) is 11.6. The summed E-state index contributed by atoms with van der Waals surface area (Å²) in [5, 5.41) is 0.663. The lowest BCUT2D eigenvalue weighted by Crippen LogP contribution is -2.41. The van der Waals surface area contributed by atoms with Crippen molar-refractivity contribution in [1.82, 2.24) is 4.90 Å². The number of amides is 1. The molecule has 2 unspecified atom stereocenters. The largest absolute Gasteiger partial charge is 0.493 e. The Morgan fingerprint density at radius 1 is 1.13 bits per heavy atom. The van der Waals surface area contributed by atoms with E-state index in [4.69, 9.17) is 21.1 Å². The molecule has 0 fully saturated rings. The van der Waals surface area contributed by atoms with E-state index >= 15 is 0 Å². The molecule has 1 heterocycles. The van der Waals surface area contributed by atoms with Crippen LogP contribution in [0.4, 0.5) is 0 Å². The van der Waals surface area contributed by atoms with Crippen LogP contribution in [0.2, 0.25) is 5.02 Å². The molecule has 0 radical (unpaired) electrons. The molecule has 0 aliphatic carbocycles. The van der Waals surface area contributed by atoms with E-state index in [1.54, 1.807) is 14.2 Å². The number of benzene rings is 2. The van der Waals surface area contributed by atoms with Crippen molar-refractivity contribution in [1.29, 1.82) is 0 Å². The fourth-order valence-corrected chi connectivity index (χ4v) is 5.02. The summed E-state index contributed by atoms with van der Waals surface area (Å²) < 4.78 is 11.1. The van der Waals surface area contributed by atoms with Gasteiger partial charge in [-0.25, -0.2) is 0 Å². The van der Waals surface area contributed by atoms with Crippen molar-refractivity contribution in [3.05, 3.63) is 58.1 Å². The van der Waals surface area contributed by atoms with Crippen molar-refractivity contribution in [2.75, 3.05) is 20.8 Å². The number of carbonyl (C=O) groups is 1. The van der Waals surface area contributed by atoms with Crippen LogP contribution in [-0.2, 0) is 11.2 Å². The van der Waals surface area contributed by atoms with Gasteiger partial charge >= 0.3 is 0 Å². The second-order valence-electron chi connectivity index (χ2n) is 9.74. The zero-order valence-electron chi connectivity index (χ0n) is 19.5. The Morgan fingerprint density at radius 2 is 1.77 bits per heavy atom. The van der Waals surface area contributed by atoms with Gasteiger partial charge < -0.3 is 14.4 Å². The number of carbonyl (C=O) groups excluding carboxylic acids is 1. The van der Waals surface area contributed by atoms with Crippen molar-refractivity contribution in [3.8, 4) is 11.5 Å². The quantitative estimate of drug-likeness (QED) is 0.526. The molecule has 0 saturated carbocycles. The van der Waals surface area contributed by atoms with Crippen molar-refractivity contribution >= 4 is 17.5 Å². The SMILES string of the molecule is COc1cc2c(cc1OC)C(c1ccccc1Cl)N(C(=O)CC(C)CC(C)(C)C)CC2. The van der Waals surface area contributed by atoms with E-state index in [2.05, 4.69) is 27.7 Å². The first-order valence-corrected chi connectivity index (χ1v) is 11.3. The molecule has 31 heavy (non-hydrogen) atoms. The van der Waals surface area contributed by atoms with E-state index in [-0.39, 0.29) is 17.4 Å². The predicted molar refractivity (Wildman–Crippen MR) is 126 cm³/mol. The number of fused-ring (bicyclic) bond motifs is 1. The maximum absolute atomic E-state index is 13.5. The number of nitrogens with zero attached hydrogens (tertiary/aromatic N) is 1. The minimum atomic E-state index is -0.244. The average molecular weight is 444 g/mol. The topological polar surface area (TPSA) is 38.8 Å². The van der Waals surface area contributed by atoms with Gasteiger partial charge in [0.1, 0.15) is 0 Å². The minimum absolute atomic E-state index is 0.169. The highest BCUT2D eigenvalue weighted by Gasteiger charge is 2.35. The number of hydrogen-bond donors (Lipinski definition) is 0. The Balaban J connectivity index is 2.02. The molecule has 0 spiro atoms. The van der Waals surface area contributed by atoms with Crippen LogP contribution in [0.1, 0.15) is 63.3 Å². The Morgan fingerprint density at radius 3 is 2.39 bits per heavy atom. The minimum Gasteiger partial charge on any atom is -0.493 e. The Kier molecular flexibility index (Phi) is 7.20. The number of ether oxygens (including phenoxy) is 2. The maximum Gasteiger partial charge on any atom is 0.223 e. The third-order valence-corrected chi connectivity index (χ3v) is 6.22. The van der Waals surface area contributed by atoms with Gasteiger partial charge in [-0.15, -0.1) is 0 Å². The second kappa shape index (κ2) is 9.52. The molecule has 2 aromatic carbocycles. The monoisotopic (exact) mass is 443 g/mol. The van der Waals surface area contributed by atoms with Gasteiger partial charge in [0.25, 0.3) is 0 Å². The van der Waals surface area contributed by atoms with Gasteiger partial charge in [-0.3, -0.25) is 4.79 Å². The molecule has 1 aliphatic heterocycles. The predicted octanol–water partition coefficient (Wildman–Crippen LogP) is 6.29. The molecule has 168 valence electrons. The first-order valence-electron chi connectivity index (χ1n) is 10.9. The Labute approximate surface area is 191 Å². The molecular formula is C26H34ClNO3. The first kappa shape index (κ1) is 23.5. The lowest BCUT2D eigenvalue weighted by Gasteiger charge is -2.39. The standard InChI is InChI=1S/C26H34ClNO3/c1-17(16-26(2,3)4)13-24(29)28-12-11-18-14-22(30-5)23(31-6)15-20(18)25(28)19-9-7-8-10-21(19)27/h7-10,14-15,17,25H,11-13,16H2,1-6H3. The number of halogens is 1. The van der Waals surface area contributed by atoms with Crippen LogP contribution in [-0.4, -0.2) is 31.6 Å². The Bertz CT molecular complexity index is 935.